The van der Waals surface area contributed by atoms with E-state index in [9.17, 15) is 12.8 Å². The molecule has 4 aromatic rings. The quantitative estimate of drug-likeness (QED) is 0.272. The van der Waals surface area contributed by atoms with Crippen molar-refractivity contribution in [2.75, 3.05) is 11.3 Å². The van der Waals surface area contributed by atoms with Crippen LogP contribution in [0.2, 0.25) is 0 Å². The minimum atomic E-state index is -3.84. The Morgan fingerprint density at radius 2 is 1.64 bits per heavy atom. The van der Waals surface area contributed by atoms with Gasteiger partial charge in [-0.2, -0.15) is 0 Å². The average Bonchev–Trinajstić information content (AvgIpc) is 3.20. The first-order chi connectivity index (χ1) is 16.9. The average molecular weight is 525 g/mol. The third-order valence-corrected chi connectivity index (χ3v) is 7.93. The highest BCUT2D eigenvalue weighted by molar-refractivity contribution is 7.93. The molecule has 8 heteroatoms. The Morgan fingerprint density at radius 3 is 2.28 bits per heavy atom. The normalized spacial score (nSPS) is 11.9. The molecule has 0 fully saturated rings. The molecule has 0 bridgehead atoms. The predicted molar refractivity (Wildman–Crippen MR) is 145 cm³/mol. The van der Waals surface area contributed by atoms with E-state index in [-0.39, 0.29) is 15.4 Å². The highest BCUT2D eigenvalue weighted by Crippen LogP contribution is 2.43. The Bertz CT molecular complexity index is 1470. The summed E-state index contributed by atoms with van der Waals surface area (Å²) in [7, 11) is -3.84. The lowest BCUT2D eigenvalue weighted by atomic mass is 9.97. The van der Waals surface area contributed by atoms with Crippen LogP contribution in [0.4, 0.5) is 9.52 Å². The van der Waals surface area contributed by atoms with Crippen molar-refractivity contribution in [3.63, 3.8) is 0 Å². The van der Waals surface area contributed by atoms with E-state index in [1.165, 1.54) is 24.3 Å². The van der Waals surface area contributed by atoms with E-state index in [2.05, 4.69) is 4.72 Å². The minimum Gasteiger partial charge on any atom is -0.493 e. The number of benzene rings is 3. The first-order valence-electron chi connectivity index (χ1n) is 11.5. The van der Waals surface area contributed by atoms with Gasteiger partial charge in [0.15, 0.2) is 5.13 Å². The summed E-state index contributed by atoms with van der Waals surface area (Å²) in [6.07, 6.45) is 0. The maximum atomic E-state index is 14.7. The monoisotopic (exact) mass is 524 g/mol. The van der Waals surface area contributed by atoms with E-state index in [4.69, 9.17) is 9.72 Å². The number of halogens is 1. The Balaban J connectivity index is 1.84. The number of thiazole rings is 1. The van der Waals surface area contributed by atoms with Gasteiger partial charge >= 0.3 is 0 Å². The van der Waals surface area contributed by atoms with E-state index in [1.54, 1.807) is 24.3 Å². The van der Waals surface area contributed by atoms with Crippen LogP contribution in [-0.4, -0.2) is 20.0 Å². The molecule has 0 atom stereocenters. The van der Waals surface area contributed by atoms with Crippen LogP contribution in [0, 0.1) is 25.1 Å². The van der Waals surface area contributed by atoms with E-state index < -0.39 is 15.8 Å². The summed E-state index contributed by atoms with van der Waals surface area (Å²) in [5.74, 6) is -0.0316. The molecule has 36 heavy (non-hydrogen) atoms. The molecule has 1 aromatic heterocycles. The standard InChI is InChI=1S/C28H29FN2O3S2/c1-18-10-9-11-19(2)24(18)25-26(20-14-21(29)16-22(15-20)34-17-28(3,4)5)35-27(30-25)31-36(32,33)23-12-7-6-8-13-23/h6-16H,17H2,1-5H3,(H,30,31). The molecule has 1 heterocycles. The molecule has 188 valence electrons. The number of hydrogen-bond donors (Lipinski definition) is 1. The fraction of sp³-hybridized carbons (Fsp3) is 0.250. The summed E-state index contributed by atoms with van der Waals surface area (Å²) < 4.78 is 49.2. The van der Waals surface area contributed by atoms with Gasteiger partial charge in [0.25, 0.3) is 10.0 Å². The Hall–Kier alpha value is -3.23. The van der Waals surface area contributed by atoms with Crippen molar-refractivity contribution in [3.8, 4) is 27.4 Å². The molecule has 0 unspecified atom stereocenters. The van der Waals surface area contributed by atoms with Crippen molar-refractivity contribution in [1.29, 1.82) is 0 Å². The molecule has 3 aromatic carbocycles. The van der Waals surface area contributed by atoms with E-state index in [0.717, 1.165) is 28.0 Å². The third-order valence-electron chi connectivity index (χ3n) is 5.43. The second-order valence-corrected chi connectivity index (χ2v) is 12.6. The van der Waals surface area contributed by atoms with Crippen molar-refractivity contribution in [1.82, 2.24) is 4.98 Å². The van der Waals surface area contributed by atoms with Crippen molar-refractivity contribution in [2.45, 2.75) is 39.5 Å². The van der Waals surface area contributed by atoms with Crippen LogP contribution in [0.25, 0.3) is 21.7 Å². The second kappa shape index (κ2) is 10.0. The lowest BCUT2D eigenvalue weighted by Gasteiger charge is -2.19. The van der Waals surface area contributed by atoms with Gasteiger partial charge in [0.1, 0.15) is 11.6 Å². The number of nitrogens with zero attached hydrogens (tertiary/aromatic N) is 1. The van der Waals surface area contributed by atoms with Crippen molar-refractivity contribution >= 4 is 26.5 Å². The molecule has 0 aliphatic rings. The number of sulfonamides is 1. The summed E-state index contributed by atoms with van der Waals surface area (Å²) in [4.78, 5) is 5.49. The maximum absolute atomic E-state index is 14.7. The van der Waals surface area contributed by atoms with Crippen molar-refractivity contribution in [3.05, 3.63) is 83.7 Å². The van der Waals surface area contributed by atoms with Gasteiger partial charge in [0.2, 0.25) is 0 Å². The summed E-state index contributed by atoms with van der Waals surface area (Å²) in [5.41, 5.74) is 3.92. The van der Waals surface area contributed by atoms with Gasteiger partial charge in [0, 0.05) is 17.2 Å². The smallest absolute Gasteiger partial charge is 0.263 e. The molecule has 0 aliphatic carbocycles. The molecule has 0 saturated heterocycles. The van der Waals surface area contributed by atoms with Crippen LogP contribution < -0.4 is 9.46 Å². The number of aryl methyl sites for hydroxylation is 2. The highest BCUT2D eigenvalue weighted by atomic mass is 32.2. The van der Waals surface area contributed by atoms with Gasteiger partial charge in [-0.25, -0.2) is 17.8 Å². The summed E-state index contributed by atoms with van der Waals surface area (Å²) in [5, 5.41) is 0.202. The zero-order valence-electron chi connectivity index (χ0n) is 20.9. The Labute approximate surface area is 216 Å². The number of ether oxygens (including phenoxy) is 1. The number of anilines is 1. The molecular formula is C28H29FN2O3S2. The van der Waals surface area contributed by atoms with Crippen LogP contribution in [0.15, 0.2) is 71.6 Å². The van der Waals surface area contributed by atoms with Gasteiger partial charge in [-0.1, -0.05) is 68.5 Å². The second-order valence-electron chi connectivity index (χ2n) is 9.91. The fourth-order valence-corrected chi connectivity index (χ4v) is 5.98. The molecule has 0 aliphatic heterocycles. The molecule has 5 nitrogen and oxygen atoms in total. The van der Waals surface area contributed by atoms with Gasteiger partial charge in [-0.3, -0.25) is 4.72 Å². The molecule has 0 radical (unpaired) electrons. The van der Waals surface area contributed by atoms with Crippen LogP contribution in [0.5, 0.6) is 5.75 Å². The third kappa shape index (κ3) is 5.94. The van der Waals surface area contributed by atoms with Crippen LogP contribution >= 0.6 is 11.3 Å². The van der Waals surface area contributed by atoms with Crippen molar-refractivity contribution in [2.24, 2.45) is 5.41 Å². The first-order valence-corrected chi connectivity index (χ1v) is 13.8. The van der Waals surface area contributed by atoms with E-state index >= 15 is 0 Å². The number of nitrogens with one attached hydrogen (secondary N) is 1. The topological polar surface area (TPSA) is 68.3 Å². The highest BCUT2D eigenvalue weighted by Gasteiger charge is 2.23. The molecule has 1 N–H and O–H groups in total. The molecule has 4 rings (SSSR count). The number of aromatic nitrogens is 1. The van der Waals surface area contributed by atoms with E-state index in [1.807, 2.05) is 52.8 Å². The SMILES string of the molecule is Cc1cccc(C)c1-c1nc(NS(=O)(=O)c2ccccc2)sc1-c1cc(F)cc(OCC(C)(C)C)c1. The van der Waals surface area contributed by atoms with Gasteiger partial charge < -0.3 is 4.74 Å². The fourth-order valence-electron chi connectivity index (χ4n) is 3.77. The molecular weight excluding hydrogens is 495 g/mol. The predicted octanol–water partition coefficient (Wildman–Crippen LogP) is 7.46. The lowest BCUT2D eigenvalue weighted by Crippen LogP contribution is -2.16. The molecule has 0 amide bonds. The van der Waals surface area contributed by atoms with Gasteiger partial charge in [-0.05, 0) is 54.7 Å². The van der Waals surface area contributed by atoms with Crippen LogP contribution in [0.1, 0.15) is 31.9 Å². The molecule has 0 saturated carbocycles. The summed E-state index contributed by atoms with van der Waals surface area (Å²) >= 11 is 1.16. The van der Waals surface area contributed by atoms with Crippen LogP contribution in [0.3, 0.4) is 0 Å². The summed E-state index contributed by atoms with van der Waals surface area (Å²) in [6.45, 7) is 10.5. The van der Waals surface area contributed by atoms with Crippen molar-refractivity contribution < 1.29 is 17.5 Å². The molecule has 0 spiro atoms. The Morgan fingerprint density at radius 1 is 0.972 bits per heavy atom. The van der Waals surface area contributed by atoms with Gasteiger partial charge in [-0.15, -0.1) is 0 Å². The zero-order valence-corrected chi connectivity index (χ0v) is 22.6. The lowest BCUT2D eigenvalue weighted by molar-refractivity contribution is 0.197. The first kappa shape index (κ1) is 25.9. The number of hydrogen-bond acceptors (Lipinski definition) is 5. The number of rotatable bonds is 7. The minimum absolute atomic E-state index is 0.0940. The Kier molecular flexibility index (Phi) is 7.20. The zero-order chi connectivity index (χ0) is 26.1. The van der Waals surface area contributed by atoms with Crippen LogP contribution in [-0.2, 0) is 10.0 Å². The summed E-state index contributed by atoms with van der Waals surface area (Å²) in [6, 6.07) is 18.6. The maximum Gasteiger partial charge on any atom is 0.263 e. The van der Waals surface area contributed by atoms with Gasteiger partial charge in [0.05, 0.1) is 22.1 Å². The van der Waals surface area contributed by atoms with E-state index in [0.29, 0.717) is 28.5 Å². The largest absolute Gasteiger partial charge is 0.493 e.